The molecule has 0 saturated heterocycles. The fraction of sp³-hybridized carbons (Fsp3) is 0.800. The largest absolute Gasteiger partial charge is 0 e. The van der Waals surface area contributed by atoms with Gasteiger partial charge in [0.25, 0.3) is 0 Å². The summed E-state index contributed by atoms with van der Waals surface area (Å²) in [7, 11) is 0. The summed E-state index contributed by atoms with van der Waals surface area (Å²) in [6.07, 6.45) is 1.43. The van der Waals surface area contributed by atoms with Crippen LogP contribution in [0.15, 0.2) is 0 Å². The molecule has 0 amide bonds. The van der Waals surface area contributed by atoms with Crippen LogP contribution in [-0.2, 0) is 62.2 Å². The maximum Gasteiger partial charge on any atom is 0 e. The van der Waals surface area contributed by atoms with Crippen molar-refractivity contribution in [2.45, 2.75) is 26.2 Å². The summed E-state index contributed by atoms with van der Waals surface area (Å²) in [6, 6.07) is 0. The van der Waals surface area contributed by atoms with Crippen LogP contribution in [0.25, 0.3) is 0 Å². The molecule has 0 fully saturated rings. The average molecular weight is 416 g/mol. The third-order valence-corrected chi connectivity index (χ3v) is 9.63. The number of hydrogen-bond acceptors (Lipinski definition) is 4. The summed E-state index contributed by atoms with van der Waals surface area (Å²) >= 11 is -7.41. The number of carbonyl (C=O) groups excluding carboxylic acids is 1. The summed E-state index contributed by atoms with van der Waals surface area (Å²) in [5, 5.41) is 0. The Hall–Kier alpha value is 1.06. The van der Waals surface area contributed by atoms with Crippen molar-refractivity contribution >= 4 is 4.09 Å². The van der Waals surface area contributed by atoms with Crippen molar-refractivity contribution in [2.24, 2.45) is 0 Å². The second kappa shape index (κ2) is 7.46. The zero-order valence-electron chi connectivity index (χ0n) is 6.61. The molecule has 0 aromatic heterocycles. The van der Waals surface area contributed by atoms with Gasteiger partial charge < -0.3 is 0 Å². The van der Waals surface area contributed by atoms with E-state index in [9.17, 15) is 14.8 Å². The van der Waals surface area contributed by atoms with Crippen LogP contribution in [0.3, 0.4) is 0 Å². The molecule has 0 saturated carbocycles. The average Bonchev–Trinajstić information content (AvgIpc) is 2.00. The minimum atomic E-state index is -4.82. The van der Waals surface area contributed by atoms with Crippen molar-refractivity contribution in [3.05, 3.63) is 0 Å². The fourth-order valence-corrected chi connectivity index (χ4v) is 4.32. The van der Waals surface area contributed by atoms with Crippen LogP contribution in [-0.4, -0.2) is 4.09 Å². The Kier molecular flexibility index (Phi) is 9.65. The molecule has 0 aromatic rings. The van der Waals surface area contributed by atoms with E-state index in [0.29, 0.717) is 6.42 Å². The molecule has 0 aliphatic carbocycles. The van der Waals surface area contributed by atoms with Crippen LogP contribution < -0.4 is 0 Å². The zero-order valence-corrected chi connectivity index (χ0v) is 12.5. The Morgan fingerprint density at radius 2 is 1.92 bits per heavy atom. The van der Waals surface area contributed by atoms with Gasteiger partial charge in [-0.15, -0.1) is 0 Å². The smallest absolute Gasteiger partial charge is 0 e. The molecule has 0 unspecified atom stereocenters. The van der Waals surface area contributed by atoms with Crippen molar-refractivity contribution in [1.82, 2.24) is 0 Å². The topological polar surface area (TPSA) is 68.3 Å². The van der Waals surface area contributed by atoms with Gasteiger partial charge in [0.15, 0.2) is 0 Å². The van der Waals surface area contributed by atoms with E-state index in [1.54, 1.807) is 0 Å². The second-order valence-electron chi connectivity index (χ2n) is 2.17. The number of rotatable bonds is 5. The maximum atomic E-state index is 10.8. The number of hydrogen-bond donors (Lipinski definition) is 0. The molecule has 0 aliphatic rings. The van der Waals surface area contributed by atoms with Gasteiger partial charge in [-0.2, -0.15) is 0 Å². The predicted octanol–water partition coefficient (Wildman–Crippen LogP) is 0.889. The van der Waals surface area contributed by atoms with E-state index in [2.05, 4.69) is 0 Å². The third kappa shape index (κ3) is 5.66. The van der Waals surface area contributed by atoms with E-state index in [1.807, 2.05) is 6.92 Å². The summed E-state index contributed by atoms with van der Waals surface area (Å²) in [4.78, 5) is 10.8. The fourth-order valence-electron chi connectivity index (χ4n) is 0.537. The Morgan fingerprint density at radius 3 is 2.25 bits per heavy atom. The minimum absolute atomic E-state index is 0. The quantitative estimate of drug-likeness (QED) is 0.625. The standard InChI is InChI=1S/C5H9O.3O.Ti.V.W/c1-2-3-4-5-6;;;;;;/h2-4H2,1H3;;;;;;. The summed E-state index contributed by atoms with van der Waals surface area (Å²) in [5.74, 6) is 0. The van der Waals surface area contributed by atoms with Gasteiger partial charge in [-0.25, -0.2) is 0 Å². The van der Waals surface area contributed by atoms with E-state index < -0.39 is 32.9 Å². The first-order chi connectivity index (χ1) is 5.04. The van der Waals surface area contributed by atoms with Crippen molar-refractivity contribution in [3.8, 4) is 0 Å². The Labute approximate surface area is 91.7 Å². The van der Waals surface area contributed by atoms with Gasteiger partial charge in [-0.1, -0.05) is 0 Å². The van der Waals surface area contributed by atoms with E-state index in [4.69, 9.17) is 0 Å². The van der Waals surface area contributed by atoms with E-state index >= 15 is 0 Å². The molecular weight excluding hydrogens is 407 g/mol. The van der Waals surface area contributed by atoms with E-state index in [0.717, 1.165) is 6.42 Å². The molecular formula is C5H9O4TiVW. The van der Waals surface area contributed by atoms with Crippen LogP contribution in [0.1, 0.15) is 26.2 Å². The number of unbranched alkanes of at least 4 members (excludes halogenated alkanes) is 1. The first kappa shape index (κ1) is 15.5. The van der Waals surface area contributed by atoms with Crippen molar-refractivity contribution in [2.75, 3.05) is 0 Å². The van der Waals surface area contributed by atoms with Gasteiger partial charge in [0.1, 0.15) is 0 Å². The van der Waals surface area contributed by atoms with Gasteiger partial charge in [0.05, 0.1) is 0 Å². The van der Waals surface area contributed by atoms with Crippen LogP contribution in [0.2, 0.25) is 0 Å². The summed E-state index contributed by atoms with van der Waals surface area (Å²) in [6.45, 7) is 1.87. The molecule has 1 radical (unpaired) electrons. The second-order valence-corrected chi connectivity index (χ2v) is 15.5. The zero-order chi connectivity index (χ0) is 8.91. The molecule has 12 heavy (non-hydrogen) atoms. The first-order valence-electron chi connectivity index (χ1n) is 3.29. The molecule has 4 nitrogen and oxygen atoms in total. The normalized spacial score (nSPS) is 8.75. The predicted molar refractivity (Wildman–Crippen MR) is 26.6 cm³/mol. The van der Waals surface area contributed by atoms with Crippen LogP contribution in [0.5, 0.6) is 0 Å². The molecule has 0 N–H and O–H groups in total. The molecule has 7 heteroatoms. The monoisotopic (exact) mass is 416 g/mol. The Morgan fingerprint density at radius 1 is 1.42 bits per heavy atom. The molecule has 0 aromatic carbocycles. The van der Waals surface area contributed by atoms with Gasteiger partial charge in [0.2, 0.25) is 0 Å². The van der Waals surface area contributed by atoms with Gasteiger partial charge in [-0.3, -0.25) is 0 Å². The molecule has 0 heterocycles. The van der Waals surface area contributed by atoms with Gasteiger partial charge in [0, 0.05) is 18.6 Å². The Bertz CT molecular complexity index is 248. The summed E-state index contributed by atoms with van der Waals surface area (Å²) < 4.78 is 30.9. The third-order valence-electron chi connectivity index (χ3n) is 1.21. The van der Waals surface area contributed by atoms with Crippen LogP contribution in [0, 0.1) is 0 Å². The molecule has 0 rings (SSSR count). The molecule has 0 aliphatic heterocycles. The summed E-state index contributed by atoms with van der Waals surface area (Å²) in [5.41, 5.74) is 0. The molecule has 0 spiro atoms. The molecule has 68 valence electrons. The van der Waals surface area contributed by atoms with Crippen molar-refractivity contribution < 1.29 is 62.2 Å². The van der Waals surface area contributed by atoms with Crippen molar-refractivity contribution in [1.29, 1.82) is 0 Å². The van der Waals surface area contributed by atoms with Crippen molar-refractivity contribution in [3.63, 3.8) is 0 Å². The van der Waals surface area contributed by atoms with Crippen LogP contribution >= 0.6 is 0 Å². The molecule has 0 atom stereocenters. The van der Waals surface area contributed by atoms with Gasteiger partial charge in [-0.05, 0) is 0 Å². The Balaban J connectivity index is 0. The minimum Gasteiger partial charge on any atom is 0 e. The van der Waals surface area contributed by atoms with Gasteiger partial charge >= 0.3 is 74.0 Å². The van der Waals surface area contributed by atoms with Crippen LogP contribution in [0.4, 0.5) is 0 Å². The SMILES string of the molecule is CCCC[C](=O)[Ti](=[O])(=[O])[W]=[O].[V]. The molecule has 0 bridgehead atoms. The van der Waals surface area contributed by atoms with E-state index in [-0.39, 0.29) is 25.0 Å². The first-order valence-corrected chi connectivity index (χ1v) is 13.2. The maximum absolute atomic E-state index is 10.8. The van der Waals surface area contributed by atoms with E-state index in [1.165, 1.54) is 0 Å². The number of carbonyl (C=O) groups is 1.